The van der Waals surface area contributed by atoms with Crippen LogP contribution >= 0.6 is 0 Å². The van der Waals surface area contributed by atoms with E-state index in [1.54, 1.807) is 20.8 Å². The second-order valence-corrected chi connectivity index (χ2v) is 14.5. The molecule has 28 heavy (non-hydrogen) atoms. The summed E-state index contributed by atoms with van der Waals surface area (Å²) in [6.45, 7) is 14.7. The van der Waals surface area contributed by atoms with Crippen LogP contribution in [-0.4, -0.2) is 62.2 Å². The lowest BCUT2D eigenvalue weighted by molar-refractivity contribution is -0.188. The molecule has 0 aliphatic carbocycles. The van der Waals surface area contributed by atoms with Crippen molar-refractivity contribution in [2.75, 3.05) is 13.1 Å². The zero-order valence-electron chi connectivity index (χ0n) is 18.0. The van der Waals surface area contributed by atoms with Gasteiger partial charge in [0.2, 0.25) is 0 Å². The van der Waals surface area contributed by atoms with E-state index in [4.69, 9.17) is 9.16 Å². The van der Waals surface area contributed by atoms with Crippen LogP contribution in [0.5, 0.6) is 0 Å². The molecule has 10 heteroatoms. The van der Waals surface area contributed by atoms with Gasteiger partial charge < -0.3 is 19.4 Å². The molecule has 0 unspecified atom stereocenters. The number of amides is 2. The normalized spacial score (nSPS) is 22.0. The number of nitrogens with zero attached hydrogens (tertiary/aromatic N) is 1. The minimum atomic E-state index is -4.98. The van der Waals surface area contributed by atoms with E-state index in [9.17, 15) is 22.8 Å². The number of hydrogen-bond donors (Lipinski definition) is 1. The summed E-state index contributed by atoms with van der Waals surface area (Å²) in [6, 6.07) is -0.690. The molecule has 1 heterocycles. The van der Waals surface area contributed by atoms with E-state index < -0.39 is 44.2 Å². The Labute approximate surface area is 166 Å². The molecule has 1 rings (SSSR count). The molecule has 0 spiro atoms. The number of piperidine rings is 1. The summed E-state index contributed by atoms with van der Waals surface area (Å²) in [5.74, 6) is -1.92. The fraction of sp³-hybridized carbons (Fsp3) is 0.889. The molecule has 6 nitrogen and oxygen atoms in total. The highest BCUT2D eigenvalue weighted by Crippen LogP contribution is 2.38. The molecule has 0 saturated carbocycles. The molecule has 1 aliphatic heterocycles. The van der Waals surface area contributed by atoms with Gasteiger partial charge in [-0.2, -0.15) is 13.2 Å². The minimum absolute atomic E-state index is 0.141. The third kappa shape index (κ3) is 7.27. The van der Waals surface area contributed by atoms with Crippen molar-refractivity contribution in [3.63, 3.8) is 0 Å². The average molecular weight is 427 g/mol. The van der Waals surface area contributed by atoms with Crippen molar-refractivity contribution in [1.82, 2.24) is 10.2 Å². The lowest BCUT2D eigenvalue weighted by Crippen LogP contribution is -2.59. The second-order valence-electron chi connectivity index (χ2n) is 9.79. The molecule has 1 saturated heterocycles. The number of ether oxygens (including phenoxy) is 1. The largest absolute Gasteiger partial charge is 0.471 e. The summed E-state index contributed by atoms with van der Waals surface area (Å²) in [6.07, 6.45) is -5.99. The predicted molar refractivity (Wildman–Crippen MR) is 102 cm³/mol. The van der Waals surface area contributed by atoms with Crippen LogP contribution in [-0.2, 0) is 14.0 Å². The fourth-order valence-electron chi connectivity index (χ4n) is 2.66. The van der Waals surface area contributed by atoms with E-state index in [0.29, 0.717) is 11.3 Å². The summed E-state index contributed by atoms with van der Waals surface area (Å²) in [5.41, 5.74) is -0.739. The molecule has 0 aromatic rings. The number of rotatable bonds is 3. The lowest BCUT2D eigenvalue weighted by Gasteiger charge is -2.44. The molecule has 1 aliphatic rings. The predicted octanol–water partition coefficient (Wildman–Crippen LogP) is 4.06. The second kappa shape index (κ2) is 8.21. The lowest BCUT2D eigenvalue weighted by atomic mass is 10.0. The van der Waals surface area contributed by atoms with Crippen LogP contribution in [0.25, 0.3) is 0 Å². The maximum Gasteiger partial charge on any atom is 0.471 e. The monoisotopic (exact) mass is 426 g/mol. The zero-order chi connectivity index (χ0) is 22.1. The number of alkyl halides is 3. The molecule has 0 radical (unpaired) electrons. The number of carbonyl (C=O) groups excluding carboxylic acids is 2. The van der Waals surface area contributed by atoms with Gasteiger partial charge in [0.15, 0.2) is 8.32 Å². The Bertz CT molecular complexity index is 583. The van der Waals surface area contributed by atoms with Gasteiger partial charge in [0.05, 0.1) is 12.1 Å². The first kappa shape index (κ1) is 24.7. The summed E-state index contributed by atoms with van der Waals surface area (Å²) in [4.78, 5) is 24.6. The first-order valence-corrected chi connectivity index (χ1v) is 12.3. The van der Waals surface area contributed by atoms with Crippen molar-refractivity contribution in [2.24, 2.45) is 0 Å². The van der Waals surface area contributed by atoms with E-state index in [-0.39, 0.29) is 18.1 Å². The molecule has 2 atom stereocenters. The topological polar surface area (TPSA) is 67.9 Å². The highest BCUT2D eigenvalue weighted by molar-refractivity contribution is 6.74. The first-order valence-electron chi connectivity index (χ1n) is 9.35. The van der Waals surface area contributed by atoms with Crippen LogP contribution < -0.4 is 5.32 Å². The molecule has 0 aromatic carbocycles. The minimum Gasteiger partial charge on any atom is -0.444 e. The summed E-state index contributed by atoms with van der Waals surface area (Å²) < 4.78 is 50.3. The Morgan fingerprint density at radius 1 is 1.04 bits per heavy atom. The van der Waals surface area contributed by atoms with E-state index in [0.717, 1.165) is 0 Å². The van der Waals surface area contributed by atoms with Crippen LogP contribution in [0.3, 0.4) is 0 Å². The van der Waals surface area contributed by atoms with Crippen molar-refractivity contribution in [2.45, 2.75) is 90.0 Å². The van der Waals surface area contributed by atoms with Gasteiger partial charge in [-0.05, 0) is 45.3 Å². The molecule has 0 aromatic heterocycles. The summed E-state index contributed by atoms with van der Waals surface area (Å²) in [5, 5.41) is 2.44. The Morgan fingerprint density at radius 2 is 1.57 bits per heavy atom. The Balaban J connectivity index is 2.98. The number of hydrogen-bond acceptors (Lipinski definition) is 4. The van der Waals surface area contributed by atoms with Crippen LogP contribution in [0, 0.1) is 0 Å². The SMILES string of the molecule is CC(C)(C)OC(=O)N[C@H]1C[C@H](O[Si](C)(C)C(C)(C)C)CN(C(=O)C(F)(F)F)C1. The Morgan fingerprint density at radius 3 is 2.00 bits per heavy atom. The number of likely N-dealkylation sites (tertiary alicyclic amines) is 1. The van der Waals surface area contributed by atoms with Gasteiger partial charge in [0.1, 0.15) is 5.60 Å². The molecular formula is C18H33F3N2O4Si. The van der Waals surface area contributed by atoms with E-state index in [2.05, 4.69) is 5.32 Å². The van der Waals surface area contributed by atoms with Gasteiger partial charge in [0.25, 0.3) is 0 Å². The standard InChI is InChI=1S/C18H33F3N2O4Si/c1-16(2,3)26-15(25)22-12-9-13(27-28(7,8)17(4,5)6)11-23(10-12)14(24)18(19,20)21/h12-13H,9-11H2,1-8H3,(H,22,25)/t12-,13-/m0/s1. The van der Waals surface area contributed by atoms with E-state index >= 15 is 0 Å². The summed E-state index contributed by atoms with van der Waals surface area (Å²) >= 11 is 0. The van der Waals surface area contributed by atoms with Gasteiger partial charge in [-0.3, -0.25) is 4.79 Å². The van der Waals surface area contributed by atoms with Crippen molar-refractivity contribution in [3.8, 4) is 0 Å². The van der Waals surface area contributed by atoms with Crippen LogP contribution in [0.1, 0.15) is 48.0 Å². The Hall–Kier alpha value is -1.29. The first-order chi connectivity index (χ1) is 12.3. The molecule has 2 amide bonds. The molecule has 1 N–H and O–H groups in total. The molecular weight excluding hydrogens is 393 g/mol. The highest BCUT2D eigenvalue weighted by atomic mass is 28.4. The maximum atomic E-state index is 13.0. The number of nitrogens with one attached hydrogen (secondary N) is 1. The van der Waals surface area contributed by atoms with Gasteiger partial charge in [-0.15, -0.1) is 0 Å². The quantitative estimate of drug-likeness (QED) is 0.691. The molecule has 1 fully saturated rings. The Kier molecular flexibility index (Phi) is 7.26. The smallest absolute Gasteiger partial charge is 0.444 e. The number of carbonyl (C=O) groups is 2. The van der Waals surface area contributed by atoms with Crippen LogP contribution in [0.15, 0.2) is 0 Å². The number of halogens is 3. The van der Waals surface area contributed by atoms with Crippen molar-refractivity contribution < 1.29 is 31.9 Å². The van der Waals surface area contributed by atoms with Crippen LogP contribution in [0.4, 0.5) is 18.0 Å². The maximum absolute atomic E-state index is 13.0. The number of alkyl carbamates (subject to hydrolysis) is 1. The van der Waals surface area contributed by atoms with Gasteiger partial charge in [-0.1, -0.05) is 20.8 Å². The van der Waals surface area contributed by atoms with Crippen molar-refractivity contribution in [1.29, 1.82) is 0 Å². The highest BCUT2D eigenvalue weighted by Gasteiger charge is 2.47. The average Bonchev–Trinajstić information content (AvgIpc) is 2.41. The van der Waals surface area contributed by atoms with Gasteiger partial charge in [-0.25, -0.2) is 4.79 Å². The molecule has 164 valence electrons. The third-order valence-corrected chi connectivity index (χ3v) is 9.47. The van der Waals surface area contributed by atoms with Crippen molar-refractivity contribution >= 4 is 20.3 Å². The van der Waals surface area contributed by atoms with E-state index in [1.807, 2.05) is 33.9 Å². The van der Waals surface area contributed by atoms with Crippen LogP contribution in [0.2, 0.25) is 18.1 Å². The summed E-state index contributed by atoms with van der Waals surface area (Å²) in [7, 11) is -2.27. The van der Waals surface area contributed by atoms with E-state index in [1.165, 1.54) is 0 Å². The fourth-order valence-corrected chi connectivity index (χ4v) is 4.01. The molecule has 0 bridgehead atoms. The third-order valence-electron chi connectivity index (χ3n) is 4.93. The zero-order valence-corrected chi connectivity index (χ0v) is 19.0. The van der Waals surface area contributed by atoms with Gasteiger partial charge in [0, 0.05) is 13.1 Å². The van der Waals surface area contributed by atoms with Gasteiger partial charge >= 0.3 is 18.2 Å². The van der Waals surface area contributed by atoms with Crippen molar-refractivity contribution in [3.05, 3.63) is 0 Å².